The average molecular weight is 276 g/mol. The van der Waals surface area contributed by atoms with Crippen LogP contribution in [-0.4, -0.2) is 34.6 Å². The maximum absolute atomic E-state index is 13.0. The molecule has 3 rings (SSSR count). The molecule has 20 heavy (non-hydrogen) atoms. The van der Waals surface area contributed by atoms with Crippen LogP contribution in [0.15, 0.2) is 35.1 Å². The van der Waals surface area contributed by atoms with Gasteiger partial charge in [-0.3, -0.25) is 4.79 Å². The zero-order valence-electron chi connectivity index (χ0n) is 10.5. The van der Waals surface area contributed by atoms with E-state index in [0.717, 1.165) is 0 Å². The minimum absolute atomic E-state index is 0.186. The number of oxazole rings is 1. The Labute approximate surface area is 114 Å². The van der Waals surface area contributed by atoms with Gasteiger partial charge in [0.05, 0.1) is 12.2 Å². The predicted octanol–water partition coefficient (Wildman–Crippen LogP) is 1.38. The zero-order chi connectivity index (χ0) is 13.9. The van der Waals surface area contributed by atoms with E-state index in [1.165, 1.54) is 12.5 Å². The lowest BCUT2D eigenvalue weighted by molar-refractivity contribution is -0.117. The smallest absolute Gasteiger partial charge is 0.245 e. The maximum Gasteiger partial charge on any atom is 0.245 e. The molecule has 1 fully saturated rings. The number of hydrogen-bond donors (Lipinski definition) is 2. The summed E-state index contributed by atoms with van der Waals surface area (Å²) in [4.78, 5) is 20.2. The summed E-state index contributed by atoms with van der Waals surface area (Å²) in [7, 11) is 0. The van der Waals surface area contributed by atoms with Gasteiger partial charge in [0.25, 0.3) is 0 Å². The fraction of sp³-hybridized carbons (Fsp3) is 0.308. The number of amides is 1. The SMILES string of the molecule is O=C(Nc1cccc(-c2ncco2)n1)[C@@H]1C[C@@H](F)CN1. The molecule has 2 aromatic rings. The van der Waals surface area contributed by atoms with E-state index in [-0.39, 0.29) is 18.9 Å². The lowest BCUT2D eigenvalue weighted by Gasteiger charge is -2.10. The topological polar surface area (TPSA) is 80.1 Å². The normalized spacial score (nSPS) is 21.9. The Morgan fingerprint density at radius 3 is 3.10 bits per heavy atom. The van der Waals surface area contributed by atoms with E-state index in [2.05, 4.69) is 20.6 Å². The Balaban J connectivity index is 1.71. The fourth-order valence-corrected chi connectivity index (χ4v) is 2.08. The third-order valence-corrected chi connectivity index (χ3v) is 3.05. The highest BCUT2D eigenvalue weighted by atomic mass is 19.1. The molecule has 3 heterocycles. The number of rotatable bonds is 3. The van der Waals surface area contributed by atoms with Crippen LogP contribution >= 0.6 is 0 Å². The molecular formula is C13H13FN4O2. The Morgan fingerprint density at radius 1 is 1.50 bits per heavy atom. The first kappa shape index (κ1) is 12.7. The Bertz CT molecular complexity index is 602. The summed E-state index contributed by atoms with van der Waals surface area (Å²) >= 11 is 0. The first-order chi connectivity index (χ1) is 9.72. The molecule has 104 valence electrons. The van der Waals surface area contributed by atoms with Crippen LogP contribution in [-0.2, 0) is 4.79 Å². The Hall–Kier alpha value is -2.28. The maximum atomic E-state index is 13.0. The van der Waals surface area contributed by atoms with Crippen molar-refractivity contribution in [3.8, 4) is 11.6 Å². The highest BCUT2D eigenvalue weighted by Gasteiger charge is 2.29. The van der Waals surface area contributed by atoms with E-state index in [1.807, 2.05) is 0 Å². The second-order valence-corrected chi connectivity index (χ2v) is 4.53. The van der Waals surface area contributed by atoms with Gasteiger partial charge in [-0.05, 0) is 12.1 Å². The molecule has 0 saturated carbocycles. The van der Waals surface area contributed by atoms with Gasteiger partial charge in [-0.1, -0.05) is 6.07 Å². The van der Waals surface area contributed by atoms with Crippen molar-refractivity contribution in [2.45, 2.75) is 18.6 Å². The molecule has 7 heteroatoms. The quantitative estimate of drug-likeness (QED) is 0.885. The third-order valence-electron chi connectivity index (χ3n) is 3.05. The second kappa shape index (κ2) is 5.38. The molecule has 1 amide bonds. The van der Waals surface area contributed by atoms with E-state index >= 15 is 0 Å². The van der Waals surface area contributed by atoms with Gasteiger partial charge in [0.1, 0.15) is 23.9 Å². The molecule has 6 nitrogen and oxygen atoms in total. The summed E-state index contributed by atoms with van der Waals surface area (Å²) < 4.78 is 18.2. The largest absolute Gasteiger partial charge is 0.443 e. The van der Waals surface area contributed by atoms with Crippen LogP contribution in [0.5, 0.6) is 0 Å². The van der Waals surface area contributed by atoms with E-state index in [9.17, 15) is 9.18 Å². The van der Waals surface area contributed by atoms with Gasteiger partial charge in [-0.2, -0.15) is 0 Å². The zero-order valence-corrected chi connectivity index (χ0v) is 10.5. The summed E-state index contributed by atoms with van der Waals surface area (Å²) in [6, 6.07) is 4.61. The van der Waals surface area contributed by atoms with Crippen molar-refractivity contribution in [1.82, 2.24) is 15.3 Å². The Kier molecular flexibility index (Phi) is 3.42. The van der Waals surface area contributed by atoms with Crippen LogP contribution < -0.4 is 10.6 Å². The number of alkyl halides is 1. The van der Waals surface area contributed by atoms with Gasteiger partial charge >= 0.3 is 0 Å². The van der Waals surface area contributed by atoms with Crippen molar-refractivity contribution < 1.29 is 13.6 Å². The summed E-state index contributed by atoms with van der Waals surface area (Å²) in [5, 5.41) is 5.48. The van der Waals surface area contributed by atoms with Gasteiger partial charge < -0.3 is 15.1 Å². The number of anilines is 1. The number of halogens is 1. The Morgan fingerprint density at radius 2 is 2.40 bits per heavy atom. The molecule has 2 N–H and O–H groups in total. The molecule has 0 bridgehead atoms. The van der Waals surface area contributed by atoms with Gasteiger partial charge in [0.2, 0.25) is 11.8 Å². The first-order valence-corrected chi connectivity index (χ1v) is 6.27. The van der Waals surface area contributed by atoms with Crippen molar-refractivity contribution in [1.29, 1.82) is 0 Å². The first-order valence-electron chi connectivity index (χ1n) is 6.27. The number of hydrogen-bond acceptors (Lipinski definition) is 5. The standard InChI is InChI=1S/C13H13FN4O2/c14-8-6-10(16-7-8)12(19)18-11-3-1-2-9(17-11)13-15-4-5-20-13/h1-5,8,10,16H,6-7H2,(H,17,18,19)/t8-,10+/m1/s1. The molecule has 0 spiro atoms. The summed E-state index contributed by atoms with van der Waals surface area (Å²) in [6.45, 7) is 0.210. The fourth-order valence-electron chi connectivity index (χ4n) is 2.08. The van der Waals surface area contributed by atoms with Gasteiger partial charge in [-0.15, -0.1) is 0 Å². The number of nitrogens with one attached hydrogen (secondary N) is 2. The molecular weight excluding hydrogens is 263 g/mol. The summed E-state index contributed by atoms with van der Waals surface area (Å²) in [5.41, 5.74) is 0.524. The lowest BCUT2D eigenvalue weighted by atomic mass is 10.2. The van der Waals surface area contributed by atoms with Gasteiger partial charge in [-0.25, -0.2) is 14.4 Å². The van der Waals surface area contributed by atoms with Crippen molar-refractivity contribution in [2.24, 2.45) is 0 Å². The van der Waals surface area contributed by atoms with Crippen LogP contribution in [0, 0.1) is 0 Å². The molecule has 1 aliphatic rings. The van der Waals surface area contributed by atoms with Crippen LogP contribution in [0.4, 0.5) is 10.2 Å². The van der Waals surface area contributed by atoms with Crippen molar-refractivity contribution in [3.63, 3.8) is 0 Å². The molecule has 0 aromatic carbocycles. The predicted molar refractivity (Wildman–Crippen MR) is 69.7 cm³/mol. The minimum Gasteiger partial charge on any atom is -0.443 e. The third kappa shape index (κ3) is 2.67. The molecule has 0 aliphatic carbocycles. The summed E-state index contributed by atoms with van der Waals surface area (Å²) in [6.07, 6.45) is 2.18. The number of pyridine rings is 1. The molecule has 0 unspecified atom stereocenters. The van der Waals surface area contributed by atoms with Crippen molar-refractivity contribution >= 4 is 11.7 Å². The molecule has 2 atom stereocenters. The average Bonchev–Trinajstić information content (AvgIpc) is 3.10. The number of carbonyl (C=O) groups is 1. The number of aromatic nitrogens is 2. The van der Waals surface area contributed by atoms with Gasteiger partial charge in [0, 0.05) is 13.0 Å². The number of carbonyl (C=O) groups excluding carboxylic acids is 1. The summed E-state index contributed by atoms with van der Waals surface area (Å²) in [5.74, 6) is 0.473. The van der Waals surface area contributed by atoms with Crippen LogP contribution in [0.2, 0.25) is 0 Å². The van der Waals surface area contributed by atoms with Crippen molar-refractivity contribution in [3.05, 3.63) is 30.7 Å². The molecule has 1 saturated heterocycles. The van der Waals surface area contributed by atoms with Crippen molar-refractivity contribution in [2.75, 3.05) is 11.9 Å². The second-order valence-electron chi connectivity index (χ2n) is 4.53. The highest BCUT2D eigenvalue weighted by molar-refractivity contribution is 5.94. The molecule has 1 aliphatic heterocycles. The van der Waals surface area contributed by atoms with E-state index in [1.54, 1.807) is 18.2 Å². The number of nitrogens with zero attached hydrogens (tertiary/aromatic N) is 2. The highest BCUT2D eigenvalue weighted by Crippen LogP contribution is 2.17. The van der Waals surface area contributed by atoms with E-state index in [0.29, 0.717) is 17.4 Å². The van der Waals surface area contributed by atoms with Crippen LogP contribution in [0.1, 0.15) is 6.42 Å². The van der Waals surface area contributed by atoms with E-state index in [4.69, 9.17) is 4.42 Å². The monoisotopic (exact) mass is 276 g/mol. The molecule has 2 aromatic heterocycles. The van der Waals surface area contributed by atoms with E-state index < -0.39 is 12.2 Å². The van der Waals surface area contributed by atoms with Crippen LogP contribution in [0.25, 0.3) is 11.6 Å². The minimum atomic E-state index is -0.975. The van der Waals surface area contributed by atoms with Gasteiger partial charge in [0.15, 0.2) is 0 Å². The lowest BCUT2D eigenvalue weighted by Crippen LogP contribution is -2.35. The molecule has 0 radical (unpaired) electrons. The van der Waals surface area contributed by atoms with Crippen LogP contribution in [0.3, 0.4) is 0 Å².